The van der Waals surface area contributed by atoms with Crippen LogP contribution in [0.2, 0.25) is 0 Å². The Hall–Kier alpha value is -1.35. The van der Waals surface area contributed by atoms with Gasteiger partial charge in [-0.25, -0.2) is 4.39 Å². The highest BCUT2D eigenvalue weighted by molar-refractivity contribution is 5.84. The molecule has 1 atom stereocenters. The van der Waals surface area contributed by atoms with Gasteiger partial charge in [0.1, 0.15) is 5.82 Å². The first kappa shape index (κ1) is 12.7. The fraction of sp³-hybridized carbons (Fsp3) is 0.500. The summed E-state index contributed by atoms with van der Waals surface area (Å²) in [5.41, 5.74) is 2.40. The topological polar surface area (TPSA) is 17.0 Å². The Morgan fingerprint density at radius 2 is 2.32 bits per heavy atom. The van der Waals surface area contributed by atoms with E-state index >= 15 is 0 Å². The molecule has 0 bridgehead atoms. The van der Waals surface area contributed by atoms with Crippen LogP contribution in [0.15, 0.2) is 24.4 Å². The fourth-order valence-electron chi connectivity index (χ4n) is 3.17. The fourth-order valence-corrected chi connectivity index (χ4v) is 3.17. The van der Waals surface area contributed by atoms with Crippen LogP contribution < -0.4 is 5.32 Å². The Kier molecular flexibility index (Phi) is 3.56. The quantitative estimate of drug-likeness (QED) is 0.895. The van der Waals surface area contributed by atoms with Crippen LogP contribution in [0.5, 0.6) is 0 Å². The van der Waals surface area contributed by atoms with E-state index in [1.165, 1.54) is 23.8 Å². The van der Waals surface area contributed by atoms with E-state index in [9.17, 15) is 4.39 Å². The lowest BCUT2D eigenvalue weighted by Gasteiger charge is -2.22. The molecule has 1 saturated heterocycles. The Morgan fingerprint density at radius 3 is 3.05 bits per heavy atom. The van der Waals surface area contributed by atoms with Gasteiger partial charge in [0.2, 0.25) is 0 Å². The smallest absolute Gasteiger partial charge is 0.125 e. The molecule has 19 heavy (non-hydrogen) atoms. The van der Waals surface area contributed by atoms with E-state index in [2.05, 4.69) is 23.0 Å². The van der Waals surface area contributed by atoms with Crippen molar-refractivity contribution in [2.75, 3.05) is 13.1 Å². The number of hydrogen-bond acceptors (Lipinski definition) is 1. The summed E-state index contributed by atoms with van der Waals surface area (Å²) in [4.78, 5) is 0. The molecule has 102 valence electrons. The molecule has 1 fully saturated rings. The minimum Gasteiger partial charge on any atom is -0.347 e. The number of aryl methyl sites for hydroxylation is 1. The zero-order valence-corrected chi connectivity index (χ0v) is 11.5. The van der Waals surface area contributed by atoms with E-state index in [0.717, 1.165) is 37.5 Å². The number of nitrogens with zero attached hydrogens (tertiary/aromatic N) is 1. The van der Waals surface area contributed by atoms with Crippen molar-refractivity contribution in [2.45, 2.75) is 32.7 Å². The summed E-state index contributed by atoms with van der Waals surface area (Å²) < 4.78 is 15.6. The molecule has 2 nitrogen and oxygen atoms in total. The van der Waals surface area contributed by atoms with Gasteiger partial charge in [-0.2, -0.15) is 0 Å². The first-order chi connectivity index (χ1) is 9.28. The summed E-state index contributed by atoms with van der Waals surface area (Å²) in [6, 6.07) is 5.16. The van der Waals surface area contributed by atoms with Crippen molar-refractivity contribution in [3.8, 4) is 0 Å². The van der Waals surface area contributed by atoms with E-state index in [4.69, 9.17) is 0 Å². The second kappa shape index (κ2) is 5.33. The van der Waals surface area contributed by atoms with Crippen molar-refractivity contribution in [1.29, 1.82) is 0 Å². The number of fused-ring (bicyclic) bond motifs is 1. The Balaban J connectivity index is 1.94. The van der Waals surface area contributed by atoms with Crippen LogP contribution in [0.3, 0.4) is 0 Å². The highest BCUT2D eigenvalue weighted by Gasteiger charge is 2.16. The van der Waals surface area contributed by atoms with Crippen molar-refractivity contribution in [1.82, 2.24) is 9.88 Å². The summed E-state index contributed by atoms with van der Waals surface area (Å²) in [5, 5.41) is 4.68. The van der Waals surface area contributed by atoms with Crippen molar-refractivity contribution >= 4 is 10.9 Å². The van der Waals surface area contributed by atoms with Gasteiger partial charge in [0, 0.05) is 18.1 Å². The molecular weight excluding hydrogens is 239 g/mol. The predicted molar refractivity (Wildman–Crippen MR) is 76.9 cm³/mol. The van der Waals surface area contributed by atoms with E-state index in [1.807, 2.05) is 6.07 Å². The van der Waals surface area contributed by atoms with Gasteiger partial charge in [-0.3, -0.25) is 0 Å². The van der Waals surface area contributed by atoms with Gasteiger partial charge in [0.05, 0.1) is 5.52 Å². The van der Waals surface area contributed by atoms with E-state index < -0.39 is 0 Å². The standard InChI is InChI=1S/C16H21FN2/c1-2-19-11-13(8-12-4-3-7-18-10-12)15-6-5-14(17)9-16(15)19/h5-6,9,11-12,18H,2-4,7-8,10H2,1H3/t12-/m0/s1. The molecule has 1 aliphatic rings. The second-order valence-corrected chi connectivity index (χ2v) is 5.52. The highest BCUT2D eigenvalue weighted by Crippen LogP contribution is 2.26. The third-order valence-corrected chi connectivity index (χ3v) is 4.18. The summed E-state index contributed by atoms with van der Waals surface area (Å²) in [6.45, 7) is 5.26. The lowest BCUT2D eigenvalue weighted by molar-refractivity contribution is 0.376. The van der Waals surface area contributed by atoms with Crippen LogP contribution >= 0.6 is 0 Å². The minimum atomic E-state index is -0.147. The molecule has 1 N–H and O–H groups in total. The SMILES string of the molecule is CCn1cc(C[C@@H]2CCCNC2)c2ccc(F)cc21. The van der Waals surface area contributed by atoms with Crippen LogP contribution in [0, 0.1) is 11.7 Å². The molecule has 0 amide bonds. The van der Waals surface area contributed by atoms with E-state index in [-0.39, 0.29) is 5.82 Å². The van der Waals surface area contributed by atoms with Crippen LogP contribution in [0.25, 0.3) is 10.9 Å². The lowest BCUT2D eigenvalue weighted by atomic mass is 9.92. The Labute approximate surface area is 113 Å². The molecule has 1 aliphatic heterocycles. The van der Waals surface area contributed by atoms with Gasteiger partial charge < -0.3 is 9.88 Å². The zero-order chi connectivity index (χ0) is 13.2. The maximum Gasteiger partial charge on any atom is 0.125 e. The molecule has 2 heterocycles. The molecule has 0 radical (unpaired) electrons. The van der Waals surface area contributed by atoms with E-state index in [0.29, 0.717) is 0 Å². The monoisotopic (exact) mass is 260 g/mol. The number of rotatable bonds is 3. The van der Waals surface area contributed by atoms with Crippen LogP contribution in [-0.4, -0.2) is 17.7 Å². The van der Waals surface area contributed by atoms with Crippen LogP contribution in [0.4, 0.5) is 4.39 Å². The molecule has 1 aromatic carbocycles. The lowest BCUT2D eigenvalue weighted by Crippen LogP contribution is -2.30. The first-order valence-electron chi connectivity index (χ1n) is 7.26. The summed E-state index contributed by atoms with van der Waals surface area (Å²) >= 11 is 0. The second-order valence-electron chi connectivity index (χ2n) is 5.52. The van der Waals surface area contributed by atoms with Gasteiger partial charge in [0.15, 0.2) is 0 Å². The van der Waals surface area contributed by atoms with Crippen LogP contribution in [0.1, 0.15) is 25.3 Å². The normalized spacial score (nSPS) is 20.0. The highest BCUT2D eigenvalue weighted by atomic mass is 19.1. The zero-order valence-electron chi connectivity index (χ0n) is 11.5. The molecule has 1 aromatic heterocycles. The number of piperidine rings is 1. The first-order valence-corrected chi connectivity index (χ1v) is 7.26. The van der Waals surface area contributed by atoms with Gasteiger partial charge >= 0.3 is 0 Å². The summed E-state index contributed by atoms with van der Waals surface area (Å²) in [5.74, 6) is 0.570. The van der Waals surface area contributed by atoms with E-state index in [1.54, 1.807) is 12.1 Å². The molecule has 3 heteroatoms. The average molecular weight is 260 g/mol. The third kappa shape index (κ3) is 2.52. The number of aromatic nitrogens is 1. The van der Waals surface area contributed by atoms with Crippen molar-refractivity contribution < 1.29 is 4.39 Å². The Bertz CT molecular complexity index is 567. The van der Waals surface area contributed by atoms with Crippen molar-refractivity contribution in [3.63, 3.8) is 0 Å². The van der Waals surface area contributed by atoms with Gasteiger partial charge in [0.25, 0.3) is 0 Å². The number of halogens is 1. The summed E-state index contributed by atoms with van der Waals surface area (Å²) in [7, 11) is 0. The van der Waals surface area contributed by atoms with Crippen LogP contribution in [-0.2, 0) is 13.0 Å². The molecule has 0 unspecified atom stereocenters. The Morgan fingerprint density at radius 1 is 1.42 bits per heavy atom. The minimum absolute atomic E-state index is 0.147. The molecule has 0 saturated carbocycles. The van der Waals surface area contributed by atoms with Crippen molar-refractivity contribution in [3.05, 3.63) is 35.8 Å². The molecule has 0 spiro atoms. The largest absolute Gasteiger partial charge is 0.347 e. The van der Waals surface area contributed by atoms with Crippen molar-refractivity contribution in [2.24, 2.45) is 5.92 Å². The van der Waals surface area contributed by atoms with Gasteiger partial charge in [-0.05, 0) is 69.0 Å². The molecule has 3 rings (SSSR count). The average Bonchev–Trinajstić information content (AvgIpc) is 2.77. The van der Waals surface area contributed by atoms with Gasteiger partial charge in [-0.15, -0.1) is 0 Å². The molecule has 0 aliphatic carbocycles. The molecule has 2 aromatic rings. The number of benzene rings is 1. The number of hydrogen-bond donors (Lipinski definition) is 1. The maximum absolute atomic E-state index is 13.4. The third-order valence-electron chi connectivity index (χ3n) is 4.18. The number of nitrogens with one attached hydrogen (secondary N) is 1. The summed E-state index contributed by atoms with van der Waals surface area (Å²) in [6.07, 6.45) is 5.87. The van der Waals surface area contributed by atoms with Gasteiger partial charge in [-0.1, -0.05) is 0 Å². The molecular formula is C16H21FN2. The predicted octanol–water partition coefficient (Wildman–Crippen LogP) is 3.34. The maximum atomic E-state index is 13.4.